The Balaban J connectivity index is 1.91. The number of carbonyl (C=O) groups is 2. The van der Waals surface area contributed by atoms with Crippen LogP contribution in [0, 0.1) is 6.92 Å². The summed E-state index contributed by atoms with van der Waals surface area (Å²) in [5, 5.41) is 4.16. The molecule has 7 heteroatoms. The Morgan fingerprint density at radius 1 is 0.943 bits per heavy atom. The van der Waals surface area contributed by atoms with Crippen molar-refractivity contribution < 1.29 is 14.3 Å². The summed E-state index contributed by atoms with van der Waals surface area (Å²) in [4.78, 5) is 28.4. The smallest absolute Gasteiger partial charge is 0.261 e. The Bertz CT molecular complexity index is 1150. The number of nitrogens with zero attached hydrogens (tertiary/aromatic N) is 1. The lowest BCUT2D eigenvalue weighted by Crippen LogP contribution is -2.52. The van der Waals surface area contributed by atoms with Gasteiger partial charge in [0.15, 0.2) is 6.61 Å². The normalized spacial score (nSPS) is 11.7. The van der Waals surface area contributed by atoms with E-state index < -0.39 is 6.04 Å². The average Bonchev–Trinajstić information content (AvgIpc) is 2.82. The van der Waals surface area contributed by atoms with E-state index in [1.54, 1.807) is 35.2 Å². The summed E-state index contributed by atoms with van der Waals surface area (Å²) < 4.78 is 5.80. The quantitative estimate of drug-likeness (QED) is 0.370. The molecule has 0 aliphatic carbocycles. The van der Waals surface area contributed by atoms with Crippen LogP contribution in [0.4, 0.5) is 0 Å². The predicted molar refractivity (Wildman–Crippen MR) is 141 cm³/mol. The highest BCUT2D eigenvalue weighted by Crippen LogP contribution is 2.22. The number of hydrogen-bond acceptors (Lipinski definition) is 3. The van der Waals surface area contributed by atoms with Crippen molar-refractivity contribution >= 4 is 35.0 Å². The fourth-order valence-electron chi connectivity index (χ4n) is 3.70. The van der Waals surface area contributed by atoms with Crippen molar-refractivity contribution in [2.75, 3.05) is 6.61 Å². The molecule has 3 aromatic carbocycles. The zero-order valence-electron chi connectivity index (χ0n) is 20.1. The van der Waals surface area contributed by atoms with Crippen molar-refractivity contribution in [2.45, 2.75) is 45.8 Å². The maximum absolute atomic E-state index is 13.5. The third-order valence-corrected chi connectivity index (χ3v) is 6.09. The third-order valence-electron chi connectivity index (χ3n) is 5.44. The van der Waals surface area contributed by atoms with Gasteiger partial charge in [-0.3, -0.25) is 9.59 Å². The molecular formula is C28H30Cl2N2O3. The number of ether oxygens (including phenoxy) is 1. The molecule has 1 unspecified atom stereocenters. The zero-order valence-corrected chi connectivity index (χ0v) is 21.6. The number of nitrogens with one attached hydrogen (secondary N) is 1. The van der Waals surface area contributed by atoms with Gasteiger partial charge in [0.2, 0.25) is 5.91 Å². The molecule has 3 rings (SSSR count). The van der Waals surface area contributed by atoms with Gasteiger partial charge in [-0.25, -0.2) is 0 Å². The van der Waals surface area contributed by atoms with Gasteiger partial charge in [-0.15, -0.1) is 0 Å². The van der Waals surface area contributed by atoms with Gasteiger partial charge >= 0.3 is 0 Å². The monoisotopic (exact) mass is 512 g/mol. The lowest BCUT2D eigenvalue weighted by molar-refractivity contribution is -0.143. The molecule has 0 aromatic heterocycles. The summed E-state index contributed by atoms with van der Waals surface area (Å²) in [7, 11) is 0. The number of benzene rings is 3. The van der Waals surface area contributed by atoms with E-state index in [4.69, 9.17) is 27.9 Å². The molecular weight excluding hydrogens is 483 g/mol. The fourth-order valence-corrected chi connectivity index (χ4v) is 4.03. The van der Waals surface area contributed by atoms with Gasteiger partial charge in [0.1, 0.15) is 11.8 Å². The van der Waals surface area contributed by atoms with Crippen LogP contribution in [0.2, 0.25) is 10.0 Å². The van der Waals surface area contributed by atoms with Gasteiger partial charge in [-0.1, -0.05) is 65.7 Å². The first kappa shape index (κ1) is 26.6. The largest absolute Gasteiger partial charge is 0.484 e. The lowest BCUT2D eigenvalue weighted by atomic mass is 10.0. The van der Waals surface area contributed by atoms with Crippen LogP contribution >= 0.6 is 23.2 Å². The Morgan fingerprint density at radius 2 is 1.66 bits per heavy atom. The Morgan fingerprint density at radius 3 is 2.31 bits per heavy atom. The lowest BCUT2D eigenvalue weighted by Gasteiger charge is -2.32. The van der Waals surface area contributed by atoms with Gasteiger partial charge in [0.25, 0.3) is 5.91 Å². The fraction of sp³-hybridized carbons (Fsp3) is 0.286. The molecule has 2 amide bonds. The summed E-state index contributed by atoms with van der Waals surface area (Å²) in [6, 6.07) is 21.4. The maximum Gasteiger partial charge on any atom is 0.261 e. The number of rotatable bonds is 10. The van der Waals surface area contributed by atoms with Gasteiger partial charge in [0.05, 0.1) is 0 Å². The first-order chi connectivity index (χ1) is 16.7. The highest BCUT2D eigenvalue weighted by molar-refractivity contribution is 6.31. The van der Waals surface area contributed by atoms with Crippen LogP contribution in [0.25, 0.3) is 0 Å². The highest BCUT2D eigenvalue weighted by Gasteiger charge is 2.31. The van der Waals surface area contributed by atoms with Gasteiger partial charge in [-0.2, -0.15) is 0 Å². The molecule has 3 aromatic rings. The number of aryl methyl sites for hydroxylation is 1. The predicted octanol–water partition coefficient (Wildman–Crippen LogP) is 5.85. The molecule has 0 radical (unpaired) electrons. The minimum Gasteiger partial charge on any atom is -0.484 e. The molecule has 0 bridgehead atoms. The molecule has 1 atom stereocenters. The van der Waals surface area contributed by atoms with Crippen molar-refractivity contribution in [3.05, 3.63) is 99.5 Å². The summed E-state index contributed by atoms with van der Waals surface area (Å²) in [5.74, 6) is 0.00758. The second kappa shape index (κ2) is 12.6. The molecule has 0 aliphatic heterocycles. The third kappa shape index (κ3) is 8.01. The van der Waals surface area contributed by atoms with Crippen molar-refractivity contribution in [2.24, 2.45) is 0 Å². The Kier molecular flexibility index (Phi) is 9.58. The van der Waals surface area contributed by atoms with Crippen LogP contribution in [0.15, 0.2) is 72.8 Å². The molecule has 0 spiro atoms. The van der Waals surface area contributed by atoms with Crippen LogP contribution in [0.5, 0.6) is 5.75 Å². The number of amides is 2. The highest BCUT2D eigenvalue weighted by atomic mass is 35.5. The average molecular weight is 513 g/mol. The molecule has 0 aliphatic rings. The van der Waals surface area contributed by atoms with E-state index in [1.165, 1.54) is 0 Å². The first-order valence-corrected chi connectivity index (χ1v) is 12.3. The summed E-state index contributed by atoms with van der Waals surface area (Å²) in [6.07, 6.45) is 0.367. The summed E-state index contributed by atoms with van der Waals surface area (Å²) >= 11 is 12.3. The summed E-state index contributed by atoms with van der Waals surface area (Å²) in [5.41, 5.74) is 2.63. The van der Waals surface area contributed by atoms with E-state index in [2.05, 4.69) is 5.32 Å². The van der Waals surface area contributed by atoms with Crippen molar-refractivity contribution in [3.63, 3.8) is 0 Å². The molecule has 1 N–H and O–H groups in total. The number of halogens is 2. The molecule has 0 saturated heterocycles. The van der Waals surface area contributed by atoms with Gasteiger partial charge < -0.3 is 15.0 Å². The standard InChI is InChI=1S/C28H30Cl2N2O3/c1-19(2)31-28(34)26(16-21-8-5-4-6-9-21)32(17-22-10-7-11-23(29)15-22)27(33)18-35-24-12-13-25(30)20(3)14-24/h4-15,19,26H,16-18H2,1-3H3,(H,31,34). The van der Waals surface area contributed by atoms with E-state index in [0.717, 1.165) is 16.7 Å². The van der Waals surface area contributed by atoms with Crippen molar-refractivity contribution in [1.82, 2.24) is 10.2 Å². The molecule has 184 valence electrons. The molecule has 0 heterocycles. The minimum absolute atomic E-state index is 0.0720. The van der Waals surface area contributed by atoms with Crippen LogP contribution < -0.4 is 10.1 Å². The van der Waals surface area contributed by atoms with E-state index in [9.17, 15) is 9.59 Å². The number of hydrogen-bond donors (Lipinski definition) is 1. The second-order valence-corrected chi connectivity index (χ2v) is 9.56. The van der Waals surface area contributed by atoms with E-state index in [1.807, 2.05) is 63.2 Å². The van der Waals surface area contributed by atoms with Crippen molar-refractivity contribution in [1.29, 1.82) is 0 Å². The topological polar surface area (TPSA) is 58.6 Å². The molecule has 35 heavy (non-hydrogen) atoms. The summed E-state index contributed by atoms with van der Waals surface area (Å²) in [6.45, 7) is 5.65. The van der Waals surface area contributed by atoms with E-state index in [-0.39, 0.29) is 31.0 Å². The van der Waals surface area contributed by atoms with Gasteiger partial charge in [-0.05, 0) is 67.8 Å². The minimum atomic E-state index is -0.734. The Hall–Kier alpha value is -3.02. The van der Waals surface area contributed by atoms with E-state index >= 15 is 0 Å². The van der Waals surface area contributed by atoms with Crippen LogP contribution in [0.1, 0.15) is 30.5 Å². The molecule has 5 nitrogen and oxygen atoms in total. The van der Waals surface area contributed by atoms with Crippen molar-refractivity contribution in [3.8, 4) is 5.75 Å². The molecule has 0 fully saturated rings. The van der Waals surface area contributed by atoms with Crippen LogP contribution in [-0.2, 0) is 22.6 Å². The maximum atomic E-state index is 13.5. The molecule has 0 saturated carbocycles. The van der Waals surface area contributed by atoms with Gasteiger partial charge in [0, 0.05) is 29.1 Å². The van der Waals surface area contributed by atoms with Crippen LogP contribution in [0.3, 0.4) is 0 Å². The second-order valence-electron chi connectivity index (χ2n) is 8.72. The SMILES string of the molecule is Cc1cc(OCC(=O)N(Cc2cccc(Cl)c2)C(Cc2ccccc2)C(=O)NC(C)C)ccc1Cl. The first-order valence-electron chi connectivity index (χ1n) is 11.5. The van der Waals surface area contributed by atoms with Crippen LogP contribution in [-0.4, -0.2) is 35.4 Å². The Labute approximate surface area is 217 Å². The number of carbonyl (C=O) groups excluding carboxylic acids is 2. The zero-order chi connectivity index (χ0) is 25.4. The van der Waals surface area contributed by atoms with E-state index in [0.29, 0.717) is 22.2 Å².